The van der Waals surface area contributed by atoms with Crippen LogP contribution in [0, 0.1) is 20.2 Å². The Labute approximate surface area is 127 Å². The first-order valence-electron chi connectivity index (χ1n) is 4.93. The summed E-state index contributed by atoms with van der Waals surface area (Å²) in [7, 11) is 0. The van der Waals surface area contributed by atoms with E-state index in [-0.39, 0.29) is 20.3 Å². The summed E-state index contributed by atoms with van der Waals surface area (Å²) in [5.41, 5.74) is -0.265. The number of rotatable bonds is 3. The van der Waals surface area contributed by atoms with Crippen molar-refractivity contribution < 1.29 is 9.85 Å². The Balaban J connectivity index is 3.05. The topological polar surface area (TPSA) is 86.3 Å². The molecule has 0 aliphatic heterocycles. The fourth-order valence-electron chi connectivity index (χ4n) is 1.03. The van der Waals surface area contributed by atoms with E-state index >= 15 is 0 Å². The fraction of sp³-hybridized carbons (Fsp3) is 0.444. The predicted octanol–water partition coefficient (Wildman–Crippen LogP) is 4.47. The molecule has 0 amide bonds. The highest BCUT2D eigenvalue weighted by atomic mass is 32.2. The highest BCUT2D eigenvalue weighted by Gasteiger charge is 2.30. The summed E-state index contributed by atoms with van der Waals surface area (Å²) in [4.78, 5) is 20.5. The number of thiophene rings is 1. The van der Waals surface area contributed by atoms with Gasteiger partial charge >= 0.3 is 10.7 Å². The summed E-state index contributed by atoms with van der Waals surface area (Å²) in [5, 5.41) is 22.6. The largest absolute Gasteiger partial charge is 0.345 e. The van der Waals surface area contributed by atoms with Crippen LogP contribution in [0.4, 0.5) is 10.7 Å². The van der Waals surface area contributed by atoms with E-state index in [9.17, 15) is 20.2 Å². The molecule has 0 atom stereocenters. The molecule has 104 valence electrons. The second-order valence-corrected chi connectivity index (χ2v) is 9.24. The molecule has 10 heteroatoms. The molecule has 6 nitrogen and oxygen atoms in total. The van der Waals surface area contributed by atoms with Crippen LogP contribution in [0.15, 0.2) is 10.3 Å². The molecule has 1 rings (SSSR count). The van der Waals surface area contributed by atoms with Crippen molar-refractivity contribution in [1.82, 2.24) is 0 Å². The van der Waals surface area contributed by atoms with Gasteiger partial charge < -0.3 is 0 Å². The highest BCUT2D eigenvalue weighted by molar-refractivity contribution is 8.47. The van der Waals surface area contributed by atoms with Crippen molar-refractivity contribution in [1.29, 1.82) is 0 Å². The van der Waals surface area contributed by atoms with Gasteiger partial charge in [0.05, 0.1) is 15.2 Å². The molecule has 1 aromatic heterocycles. The van der Waals surface area contributed by atoms with E-state index < -0.39 is 9.85 Å². The summed E-state index contributed by atoms with van der Waals surface area (Å²) in [6, 6.07) is 0. The molecule has 0 saturated heterocycles. The number of nitro groups is 2. The van der Waals surface area contributed by atoms with E-state index in [1.165, 1.54) is 17.1 Å². The van der Waals surface area contributed by atoms with Gasteiger partial charge in [-0.25, -0.2) is 0 Å². The lowest BCUT2D eigenvalue weighted by atomic mass is 10.3. The molecule has 0 unspecified atom stereocenters. The smallest absolute Gasteiger partial charge is 0.258 e. The average molecular weight is 338 g/mol. The first kappa shape index (κ1) is 16.3. The Bertz CT molecular complexity index is 503. The summed E-state index contributed by atoms with van der Waals surface area (Å²) in [6.07, 6.45) is 0. The molecular weight excluding hydrogens is 328 g/mol. The number of thioether (sulfide) groups is 2. The van der Waals surface area contributed by atoms with Crippen molar-refractivity contribution in [2.24, 2.45) is 0 Å². The Morgan fingerprint density at radius 2 is 1.89 bits per heavy atom. The van der Waals surface area contributed by atoms with Gasteiger partial charge in [0.2, 0.25) is 0 Å². The molecule has 19 heavy (non-hydrogen) atoms. The van der Waals surface area contributed by atoms with Gasteiger partial charge in [-0.2, -0.15) is 0 Å². The van der Waals surface area contributed by atoms with Gasteiger partial charge in [0.15, 0.2) is 4.90 Å². The van der Waals surface area contributed by atoms with Gasteiger partial charge in [0.1, 0.15) is 3.53 Å². The molecule has 0 aromatic carbocycles. The van der Waals surface area contributed by atoms with Crippen molar-refractivity contribution in [2.75, 3.05) is 0 Å². The van der Waals surface area contributed by atoms with Crippen molar-refractivity contribution in [3.05, 3.63) is 25.6 Å². The van der Waals surface area contributed by atoms with Gasteiger partial charge in [-0.15, -0.1) is 11.8 Å². The fourth-order valence-corrected chi connectivity index (χ4v) is 5.33. The van der Waals surface area contributed by atoms with Gasteiger partial charge in [0, 0.05) is 4.75 Å². The van der Waals surface area contributed by atoms with Crippen LogP contribution in [-0.2, 0) is 0 Å². The normalized spacial score (nSPS) is 11.3. The molecule has 1 heterocycles. The number of nitrogens with zero attached hydrogens (tertiary/aromatic N) is 2. The van der Waals surface area contributed by atoms with E-state index in [0.717, 1.165) is 23.1 Å². The molecule has 0 N–H and O–H groups in total. The maximum absolute atomic E-state index is 10.9. The van der Waals surface area contributed by atoms with Crippen LogP contribution in [0.25, 0.3) is 0 Å². The quantitative estimate of drug-likeness (QED) is 0.348. The number of thiocarbonyl (C=S) groups is 1. The third kappa shape index (κ3) is 4.71. The first-order valence-corrected chi connectivity index (χ1v) is 7.85. The van der Waals surface area contributed by atoms with Crippen LogP contribution in [0.1, 0.15) is 20.8 Å². The minimum atomic E-state index is -0.629. The first-order chi connectivity index (χ1) is 8.61. The third-order valence-electron chi connectivity index (χ3n) is 1.65. The molecule has 0 aliphatic rings. The molecule has 0 spiro atoms. The highest BCUT2D eigenvalue weighted by Crippen LogP contribution is 2.46. The Morgan fingerprint density at radius 1 is 1.32 bits per heavy atom. The summed E-state index contributed by atoms with van der Waals surface area (Å²) < 4.78 is 0.279. The summed E-state index contributed by atoms with van der Waals surface area (Å²) in [6.45, 7) is 5.84. The van der Waals surface area contributed by atoms with Crippen LogP contribution in [-0.4, -0.2) is 18.1 Å². The van der Waals surface area contributed by atoms with Crippen LogP contribution in [0.5, 0.6) is 0 Å². The third-order valence-corrected chi connectivity index (χ3v) is 5.25. The molecule has 0 bridgehead atoms. The van der Waals surface area contributed by atoms with Gasteiger partial charge in [0.25, 0.3) is 0 Å². The standard InChI is InChI=1S/C9H10N2O4S4/c1-9(2,3)19-8(16)18-6-5(10(12)13)4-17-7(6)11(14)15/h4H,1-3H3. The zero-order valence-corrected chi connectivity index (χ0v) is 13.5. The maximum Gasteiger partial charge on any atom is 0.345 e. The minimum absolute atomic E-state index is 0.0155. The van der Waals surface area contributed by atoms with E-state index in [1.807, 2.05) is 20.8 Å². The SMILES string of the molecule is CC(C)(C)SC(=S)Sc1c([N+](=O)[O-])csc1[N+](=O)[O-]. The van der Waals surface area contributed by atoms with Crippen molar-refractivity contribution in [3.63, 3.8) is 0 Å². The zero-order valence-electron chi connectivity index (χ0n) is 10.2. The van der Waals surface area contributed by atoms with Crippen molar-refractivity contribution >= 4 is 61.3 Å². The Morgan fingerprint density at radius 3 is 2.32 bits per heavy atom. The summed E-state index contributed by atoms with van der Waals surface area (Å²) in [5.74, 6) is 0. The molecule has 0 aliphatic carbocycles. The van der Waals surface area contributed by atoms with Crippen LogP contribution in [0.3, 0.4) is 0 Å². The van der Waals surface area contributed by atoms with Gasteiger partial charge in [-0.3, -0.25) is 20.2 Å². The molecule has 0 radical (unpaired) electrons. The van der Waals surface area contributed by atoms with E-state index in [0.29, 0.717) is 3.53 Å². The lowest BCUT2D eigenvalue weighted by molar-refractivity contribution is -0.395. The van der Waals surface area contributed by atoms with Crippen molar-refractivity contribution in [2.45, 2.75) is 30.4 Å². The predicted molar refractivity (Wildman–Crippen MR) is 83.4 cm³/mol. The van der Waals surface area contributed by atoms with Crippen LogP contribution < -0.4 is 0 Å². The molecule has 1 aromatic rings. The number of hydrogen-bond acceptors (Lipinski definition) is 8. The lowest BCUT2D eigenvalue weighted by Gasteiger charge is -2.16. The Kier molecular flexibility index (Phi) is 5.30. The molecule has 0 fully saturated rings. The zero-order chi connectivity index (χ0) is 14.8. The molecular formula is C9H10N2O4S4. The van der Waals surface area contributed by atoms with Crippen molar-refractivity contribution in [3.8, 4) is 0 Å². The van der Waals surface area contributed by atoms with Gasteiger partial charge in [-0.05, 0) is 0 Å². The van der Waals surface area contributed by atoms with Crippen LogP contribution >= 0.6 is 47.1 Å². The van der Waals surface area contributed by atoms with Crippen LogP contribution in [0.2, 0.25) is 0 Å². The van der Waals surface area contributed by atoms with E-state index in [2.05, 4.69) is 0 Å². The number of hydrogen-bond donors (Lipinski definition) is 0. The molecule has 0 saturated carbocycles. The second kappa shape index (κ2) is 6.16. The second-order valence-electron chi connectivity index (χ2n) is 4.34. The Hall–Kier alpha value is -0.710. The minimum Gasteiger partial charge on any atom is -0.258 e. The van der Waals surface area contributed by atoms with E-state index in [1.54, 1.807) is 0 Å². The summed E-state index contributed by atoms with van der Waals surface area (Å²) >= 11 is 8.13. The average Bonchev–Trinajstić information content (AvgIpc) is 2.57. The lowest BCUT2D eigenvalue weighted by Crippen LogP contribution is -2.09. The maximum atomic E-state index is 10.9. The van der Waals surface area contributed by atoms with E-state index in [4.69, 9.17) is 12.2 Å². The van der Waals surface area contributed by atoms with Gasteiger partial charge in [-0.1, -0.05) is 56.1 Å². The monoisotopic (exact) mass is 338 g/mol.